The zero-order valence-corrected chi connectivity index (χ0v) is 7.86. The zero-order valence-electron chi connectivity index (χ0n) is 7.86. The second-order valence-electron chi connectivity index (χ2n) is 3.35. The van der Waals surface area contributed by atoms with Gasteiger partial charge in [0, 0.05) is 25.2 Å². The van der Waals surface area contributed by atoms with Crippen LogP contribution < -0.4 is 5.32 Å². The summed E-state index contributed by atoms with van der Waals surface area (Å²) in [5.41, 5.74) is 0. The first-order valence-electron chi connectivity index (χ1n) is 4.74. The molecule has 1 saturated heterocycles. The second kappa shape index (κ2) is 3.89. The van der Waals surface area contributed by atoms with Crippen LogP contribution in [0.2, 0.25) is 0 Å². The Balaban J connectivity index is 1.90. The average molecular weight is 181 g/mol. The monoisotopic (exact) mass is 181 g/mol. The summed E-state index contributed by atoms with van der Waals surface area (Å²) in [5.74, 6) is 0.953. The van der Waals surface area contributed by atoms with Crippen molar-refractivity contribution in [1.29, 1.82) is 0 Å². The summed E-state index contributed by atoms with van der Waals surface area (Å²) >= 11 is 0. The summed E-state index contributed by atoms with van der Waals surface area (Å²) in [4.78, 5) is 2.40. The van der Waals surface area contributed by atoms with Crippen LogP contribution in [0.25, 0.3) is 0 Å². The van der Waals surface area contributed by atoms with Crippen molar-refractivity contribution in [2.75, 3.05) is 19.6 Å². The fourth-order valence-corrected chi connectivity index (χ4v) is 1.55. The standard InChI is InChI=1S/C9H15N3O/c1-2-12(8-5-10-6-8)7-9-3-4-11-13-9/h3-4,8,10H,2,5-7H2,1H3. The molecule has 0 saturated carbocycles. The van der Waals surface area contributed by atoms with E-state index in [1.54, 1.807) is 6.20 Å². The number of likely N-dealkylation sites (N-methyl/N-ethyl adjacent to an activating group) is 1. The molecule has 1 fully saturated rings. The first kappa shape index (κ1) is 8.72. The molecule has 0 spiro atoms. The molecule has 72 valence electrons. The maximum atomic E-state index is 5.07. The van der Waals surface area contributed by atoms with E-state index in [2.05, 4.69) is 22.3 Å². The molecular formula is C9H15N3O. The topological polar surface area (TPSA) is 41.3 Å². The Hall–Kier alpha value is -0.870. The van der Waals surface area contributed by atoms with Crippen LogP contribution in [0.3, 0.4) is 0 Å². The lowest BCUT2D eigenvalue weighted by molar-refractivity contribution is 0.131. The third kappa shape index (κ3) is 1.89. The quantitative estimate of drug-likeness (QED) is 0.733. The molecule has 0 atom stereocenters. The van der Waals surface area contributed by atoms with Gasteiger partial charge < -0.3 is 9.84 Å². The summed E-state index contributed by atoms with van der Waals surface area (Å²) < 4.78 is 5.07. The molecule has 13 heavy (non-hydrogen) atoms. The first-order chi connectivity index (χ1) is 6.40. The number of rotatable bonds is 4. The van der Waals surface area contributed by atoms with Gasteiger partial charge in [0.25, 0.3) is 0 Å². The van der Waals surface area contributed by atoms with Crippen LogP contribution in [0.5, 0.6) is 0 Å². The predicted octanol–water partition coefficient (Wildman–Crippen LogP) is 0.468. The molecule has 2 rings (SSSR count). The lowest BCUT2D eigenvalue weighted by atomic mass is 10.1. The van der Waals surface area contributed by atoms with Crippen molar-refractivity contribution < 1.29 is 4.52 Å². The molecule has 1 aliphatic rings. The maximum absolute atomic E-state index is 5.07. The van der Waals surface area contributed by atoms with Crippen LogP contribution in [0.4, 0.5) is 0 Å². The summed E-state index contributed by atoms with van der Waals surface area (Å²) in [7, 11) is 0. The van der Waals surface area contributed by atoms with Gasteiger partial charge in [-0.2, -0.15) is 0 Å². The van der Waals surface area contributed by atoms with E-state index in [0.717, 1.165) is 31.9 Å². The Labute approximate surface area is 77.9 Å². The number of aromatic nitrogens is 1. The van der Waals surface area contributed by atoms with E-state index in [-0.39, 0.29) is 0 Å². The number of hydrogen-bond donors (Lipinski definition) is 1. The minimum atomic E-state index is 0.676. The number of nitrogens with zero attached hydrogens (tertiary/aromatic N) is 2. The highest BCUT2D eigenvalue weighted by molar-refractivity contribution is 4.95. The fourth-order valence-electron chi connectivity index (χ4n) is 1.55. The van der Waals surface area contributed by atoms with Crippen LogP contribution in [0, 0.1) is 0 Å². The van der Waals surface area contributed by atoms with E-state index < -0.39 is 0 Å². The fraction of sp³-hybridized carbons (Fsp3) is 0.667. The third-order valence-electron chi connectivity index (χ3n) is 2.53. The van der Waals surface area contributed by atoms with E-state index in [1.165, 1.54) is 0 Å². The van der Waals surface area contributed by atoms with Gasteiger partial charge in [0.15, 0.2) is 5.76 Å². The molecule has 0 radical (unpaired) electrons. The first-order valence-corrected chi connectivity index (χ1v) is 4.74. The third-order valence-corrected chi connectivity index (χ3v) is 2.53. The van der Waals surface area contributed by atoms with Crippen LogP contribution in [0.1, 0.15) is 12.7 Å². The highest BCUT2D eigenvalue weighted by Crippen LogP contribution is 2.09. The summed E-state index contributed by atoms with van der Waals surface area (Å²) in [6.45, 7) is 6.31. The minimum Gasteiger partial charge on any atom is -0.360 e. The molecule has 4 heteroatoms. The number of nitrogens with one attached hydrogen (secondary N) is 1. The molecule has 0 bridgehead atoms. The largest absolute Gasteiger partial charge is 0.360 e. The Kier molecular flexibility index (Phi) is 2.61. The Morgan fingerprint density at radius 2 is 2.54 bits per heavy atom. The van der Waals surface area contributed by atoms with Crippen LogP contribution in [0.15, 0.2) is 16.8 Å². The molecule has 1 aliphatic heterocycles. The Morgan fingerprint density at radius 1 is 1.69 bits per heavy atom. The molecule has 0 aromatic carbocycles. The lowest BCUT2D eigenvalue weighted by Gasteiger charge is -2.36. The van der Waals surface area contributed by atoms with Gasteiger partial charge in [-0.25, -0.2) is 0 Å². The molecule has 4 nitrogen and oxygen atoms in total. The van der Waals surface area contributed by atoms with Crippen LogP contribution in [-0.2, 0) is 6.54 Å². The summed E-state index contributed by atoms with van der Waals surface area (Å²) in [6.07, 6.45) is 1.70. The Morgan fingerprint density at radius 3 is 3.00 bits per heavy atom. The van der Waals surface area contributed by atoms with E-state index in [4.69, 9.17) is 4.52 Å². The van der Waals surface area contributed by atoms with Gasteiger partial charge >= 0.3 is 0 Å². The Bertz CT molecular complexity index is 243. The molecule has 1 aromatic rings. The molecule has 2 heterocycles. The van der Waals surface area contributed by atoms with Crippen molar-refractivity contribution in [3.8, 4) is 0 Å². The van der Waals surface area contributed by atoms with Crippen molar-refractivity contribution >= 4 is 0 Å². The van der Waals surface area contributed by atoms with Gasteiger partial charge in [0.1, 0.15) is 0 Å². The second-order valence-corrected chi connectivity index (χ2v) is 3.35. The normalized spacial score (nSPS) is 17.7. The average Bonchev–Trinajstić information content (AvgIpc) is 2.52. The van der Waals surface area contributed by atoms with Crippen molar-refractivity contribution in [2.24, 2.45) is 0 Å². The van der Waals surface area contributed by atoms with E-state index in [0.29, 0.717) is 6.04 Å². The van der Waals surface area contributed by atoms with Crippen LogP contribution >= 0.6 is 0 Å². The van der Waals surface area contributed by atoms with E-state index in [1.807, 2.05) is 6.07 Å². The summed E-state index contributed by atoms with van der Waals surface area (Å²) in [6, 6.07) is 2.60. The molecule has 1 aromatic heterocycles. The van der Waals surface area contributed by atoms with Gasteiger partial charge in [-0.05, 0) is 6.54 Å². The van der Waals surface area contributed by atoms with Crippen molar-refractivity contribution in [2.45, 2.75) is 19.5 Å². The van der Waals surface area contributed by atoms with Gasteiger partial charge in [0.05, 0.1) is 12.7 Å². The lowest BCUT2D eigenvalue weighted by Crippen LogP contribution is -2.56. The van der Waals surface area contributed by atoms with Crippen LogP contribution in [-0.4, -0.2) is 35.7 Å². The van der Waals surface area contributed by atoms with E-state index in [9.17, 15) is 0 Å². The van der Waals surface area contributed by atoms with Crippen molar-refractivity contribution in [3.63, 3.8) is 0 Å². The SMILES string of the molecule is CCN(Cc1ccno1)C1CNC1. The van der Waals surface area contributed by atoms with Gasteiger partial charge in [-0.3, -0.25) is 4.90 Å². The zero-order chi connectivity index (χ0) is 9.10. The predicted molar refractivity (Wildman–Crippen MR) is 49.2 cm³/mol. The van der Waals surface area contributed by atoms with Gasteiger partial charge in [0.2, 0.25) is 0 Å². The van der Waals surface area contributed by atoms with Gasteiger partial charge in [-0.15, -0.1) is 0 Å². The highest BCUT2D eigenvalue weighted by Gasteiger charge is 2.23. The van der Waals surface area contributed by atoms with E-state index >= 15 is 0 Å². The molecule has 0 amide bonds. The van der Waals surface area contributed by atoms with Gasteiger partial charge in [-0.1, -0.05) is 12.1 Å². The minimum absolute atomic E-state index is 0.676. The highest BCUT2D eigenvalue weighted by atomic mass is 16.5. The van der Waals surface area contributed by atoms with Crippen molar-refractivity contribution in [1.82, 2.24) is 15.4 Å². The van der Waals surface area contributed by atoms with Crippen molar-refractivity contribution in [3.05, 3.63) is 18.0 Å². The molecule has 0 unspecified atom stereocenters. The molecule has 0 aliphatic carbocycles. The summed E-state index contributed by atoms with van der Waals surface area (Å²) in [5, 5.41) is 6.96. The molecular weight excluding hydrogens is 166 g/mol. The maximum Gasteiger partial charge on any atom is 0.150 e. The molecule has 1 N–H and O–H groups in total. The number of hydrogen-bond acceptors (Lipinski definition) is 4. The smallest absolute Gasteiger partial charge is 0.150 e.